The number of hydrogen-bond acceptors (Lipinski definition) is 6. The standard InChI is InChI=1S/C18H17ClN4O3S/c1-24-14-8-11(9-15(25-2)16(14)26-3)10-20-23-17(21-22-18(23)27)12-6-4-5-7-13(12)19/h4-10H,1-3H3,(H,22,27)/b20-10+. The Bertz CT molecular complexity index is 1020. The number of ether oxygens (including phenoxy) is 3. The van der Waals surface area contributed by atoms with Crippen LogP contribution >= 0.6 is 23.8 Å². The Hall–Kier alpha value is -2.84. The minimum atomic E-state index is 0.341. The normalized spacial score (nSPS) is 11.0. The molecule has 0 aliphatic heterocycles. The Morgan fingerprint density at radius 2 is 1.78 bits per heavy atom. The molecule has 0 aliphatic rings. The van der Waals surface area contributed by atoms with Gasteiger partial charge in [-0.3, -0.25) is 0 Å². The molecular weight excluding hydrogens is 388 g/mol. The Balaban J connectivity index is 2.04. The van der Waals surface area contributed by atoms with E-state index in [1.165, 1.54) is 4.68 Å². The van der Waals surface area contributed by atoms with Gasteiger partial charge >= 0.3 is 0 Å². The molecule has 0 bridgehead atoms. The van der Waals surface area contributed by atoms with E-state index in [1.54, 1.807) is 45.7 Å². The van der Waals surface area contributed by atoms with Crippen molar-refractivity contribution in [2.75, 3.05) is 21.3 Å². The fourth-order valence-electron chi connectivity index (χ4n) is 2.52. The smallest absolute Gasteiger partial charge is 0.216 e. The molecule has 0 amide bonds. The van der Waals surface area contributed by atoms with Crippen LogP contribution in [-0.2, 0) is 0 Å². The van der Waals surface area contributed by atoms with E-state index in [0.717, 1.165) is 5.56 Å². The van der Waals surface area contributed by atoms with Gasteiger partial charge in [0, 0.05) is 11.1 Å². The number of hydrogen-bond donors (Lipinski definition) is 1. The van der Waals surface area contributed by atoms with E-state index in [-0.39, 0.29) is 0 Å². The van der Waals surface area contributed by atoms with Crippen molar-refractivity contribution < 1.29 is 14.2 Å². The average Bonchev–Trinajstić information content (AvgIpc) is 3.06. The first-order valence-corrected chi connectivity index (χ1v) is 8.64. The van der Waals surface area contributed by atoms with Gasteiger partial charge in [-0.25, -0.2) is 5.10 Å². The van der Waals surface area contributed by atoms with E-state index in [9.17, 15) is 0 Å². The number of benzene rings is 2. The monoisotopic (exact) mass is 404 g/mol. The average molecular weight is 405 g/mol. The summed E-state index contributed by atoms with van der Waals surface area (Å²) in [6, 6.07) is 10.9. The van der Waals surface area contributed by atoms with E-state index < -0.39 is 0 Å². The summed E-state index contributed by atoms with van der Waals surface area (Å²) < 4.78 is 17.9. The first kappa shape index (κ1) is 18.9. The molecule has 27 heavy (non-hydrogen) atoms. The minimum Gasteiger partial charge on any atom is -0.493 e. The van der Waals surface area contributed by atoms with Crippen molar-refractivity contribution in [3.05, 3.63) is 51.8 Å². The molecule has 0 unspecified atom stereocenters. The van der Waals surface area contributed by atoms with Crippen LogP contribution in [0.2, 0.25) is 5.02 Å². The van der Waals surface area contributed by atoms with Gasteiger partial charge in [-0.2, -0.15) is 14.9 Å². The molecular formula is C18H17ClN4O3S. The fourth-order valence-corrected chi connectivity index (χ4v) is 2.92. The number of halogens is 1. The topological polar surface area (TPSA) is 73.7 Å². The first-order valence-electron chi connectivity index (χ1n) is 7.85. The van der Waals surface area contributed by atoms with Crippen LogP contribution in [-0.4, -0.2) is 42.4 Å². The molecule has 1 heterocycles. The Labute approximate surface area is 166 Å². The van der Waals surface area contributed by atoms with E-state index in [2.05, 4.69) is 15.3 Å². The van der Waals surface area contributed by atoms with Crippen molar-refractivity contribution in [2.24, 2.45) is 5.10 Å². The third-order valence-corrected chi connectivity index (χ3v) is 4.37. The minimum absolute atomic E-state index is 0.341. The third-order valence-electron chi connectivity index (χ3n) is 3.77. The number of methoxy groups -OCH3 is 3. The Kier molecular flexibility index (Phi) is 5.78. The van der Waals surface area contributed by atoms with Crippen LogP contribution in [0.25, 0.3) is 11.4 Å². The van der Waals surface area contributed by atoms with E-state index in [1.807, 2.05) is 18.2 Å². The maximum atomic E-state index is 6.27. The van der Waals surface area contributed by atoms with Gasteiger partial charge in [0.1, 0.15) is 0 Å². The van der Waals surface area contributed by atoms with E-state index >= 15 is 0 Å². The maximum Gasteiger partial charge on any atom is 0.216 e. The molecule has 1 N–H and O–H groups in total. The second kappa shape index (κ2) is 8.24. The van der Waals surface area contributed by atoms with Crippen molar-refractivity contribution in [3.8, 4) is 28.6 Å². The van der Waals surface area contributed by atoms with Gasteiger partial charge < -0.3 is 14.2 Å². The van der Waals surface area contributed by atoms with Crippen LogP contribution in [0.4, 0.5) is 0 Å². The molecule has 0 saturated carbocycles. The Morgan fingerprint density at radius 3 is 2.37 bits per heavy atom. The van der Waals surface area contributed by atoms with Gasteiger partial charge in [0.05, 0.1) is 32.6 Å². The summed E-state index contributed by atoms with van der Waals surface area (Å²) in [5.41, 5.74) is 1.45. The molecule has 140 valence electrons. The predicted molar refractivity (Wildman–Crippen MR) is 107 cm³/mol. The summed E-state index contributed by atoms with van der Waals surface area (Å²) in [5, 5.41) is 12.0. The molecule has 0 spiro atoms. The van der Waals surface area contributed by atoms with Crippen LogP contribution < -0.4 is 14.2 Å². The lowest BCUT2D eigenvalue weighted by atomic mass is 10.2. The number of H-pyrrole nitrogens is 1. The number of aromatic amines is 1. The second-order valence-corrected chi connectivity index (χ2v) is 6.14. The molecule has 7 nitrogen and oxygen atoms in total. The molecule has 0 fully saturated rings. The van der Waals surface area contributed by atoms with Crippen molar-refractivity contribution in [2.45, 2.75) is 0 Å². The molecule has 2 aromatic carbocycles. The van der Waals surface area contributed by atoms with Crippen molar-refractivity contribution >= 4 is 30.0 Å². The summed E-state index contributed by atoms with van der Waals surface area (Å²) in [5.74, 6) is 2.07. The molecule has 3 rings (SSSR count). The lowest BCUT2D eigenvalue weighted by Gasteiger charge is -2.12. The van der Waals surface area contributed by atoms with Crippen molar-refractivity contribution in [1.82, 2.24) is 14.9 Å². The van der Waals surface area contributed by atoms with Crippen LogP contribution in [0.5, 0.6) is 17.2 Å². The number of rotatable bonds is 6. The van der Waals surface area contributed by atoms with Gasteiger partial charge in [-0.1, -0.05) is 23.7 Å². The lowest BCUT2D eigenvalue weighted by molar-refractivity contribution is 0.324. The SMILES string of the molecule is COc1cc(/C=N/n2c(-c3ccccc3Cl)n[nH]c2=S)cc(OC)c1OC. The van der Waals surface area contributed by atoms with Crippen LogP contribution in [0.3, 0.4) is 0 Å². The summed E-state index contributed by atoms with van der Waals surface area (Å²) in [6.45, 7) is 0. The van der Waals surface area contributed by atoms with Crippen LogP contribution in [0.15, 0.2) is 41.5 Å². The number of aromatic nitrogens is 3. The molecule has 0 aliphatic carbocycles. The van der Waals surface area contributed by atoms with Gasteiger partial charge in [-0.05, 0) is 36.5 Å². The summed E-state index contributed by atoms with van der Waals surface area (Å²) in [4.78, 5) is 0. The number of nitrogens with one attached hydrogen (secondary N) is 1. The quantitative estimate of drug-likeness (QED) is 0.493. The molecule has 0 atom stereocenters. The zero-order chi connectivity index (χ0) is 19.4. The maximum absolute atomic E-state index is 6.27. The highest BCUT2D eigenvalue weighted by molar-refractivity contribution is 7.71. The molecule has 0 saturated heterocycles. The Morgan fingerprint density at radius 1 is 1.11 bits per heavy atom. The predicted octanol–water partition coefficient (Wildman–Crippen LogP) is 4.17. The molecule has 1 aromatic heterocycles. The molecule has 9 heteroatoms. The highest BCUT2D eigenvalue weighted by Gasteiger charge is 2.14. The fraction of sp³-hybridized carbons (Fsp3) is 0.167. The van der Waals surface area contributed by atoms with Crippen LogP contribution in [0, 0.1) is 4.77 Å². The highest BCUT2D eigenvalue weighted by Crippen LogP contribution is 2.37. The van der Waals surface area contributed by atoms with Gasteiger partial charge in [0.15, 0.2) is 17.3 Å². The zero-order valence-corrected chi connectivity index (χ0v) is 16.5. The van der Waals surface area contributed by atoms with Gasteiger partial charge in [-0.15, -0.1) is 0 Å². The molecule has 3 aromatic rings. The summed E-state index contributed by atoms with van der Waals surface area (Å²) in [7, 11) is 4.66. The first-order chi connectivity index (χ1) is 13.1. The largest absolute Gasteiger partial charge is 0.493 e. The third kappa shape index (κ3) is 3.81. The summed E-state index contributed by atoms with van der Waals surface area (Å²) in [6.07, 6.45) is 1.62. The van der Waals surface area contributed by atoms with Gasteiger partial charge in [0.25, 0.3) is 0 Å². The lowest BCUT2D eigenvalue weighted by Crippen LogP contribution is -1.98. The van der Waals surface area contributed by atoms with E-state index in [4.69, 9.17) is 38.0 Å². The number of nitrogens with zero attached hydrogens (tertiary/aromatic N) is 3. The van der Waals surface area contributed by atoms with Crippen LogP contribution in [0.1, 0.15) is 5.56 Å². The second-order valence-electron chi connectivity index (χ2n) is 5.35. The molecule has 0 radical (unpaired) electrons. The highest BCUT2D eigenvalue weighted by atomic mass is 35.5. The van der Waals surface area contributed by atoms with E-state index in [0.29, 0.717) is 38.4 Å². The van der Waals surface area contributed by atoms with Crippen molar-refractivity contribution in [3.63, 3.8) is 0 Å². The summed E-state index contributed by atoms with van der Waals surface area (Å²) >= 11 is 11.6. The van der Waals surface area contributed by atoms with Gasteiger partial charge in [0.2, 0.25) is 10.5 Å². The van der Waals surface area contributed by atoms with Crippen molar-refractivity contribution in [1.29, 1.82) is 0 Å². The zero-order valence-electron chi connectivity index (χ0n) is 14.9.